The van der Waals surface area contributed by atoms with Crippen LogP contribution in [0.5, 0.6) is 11.5 Å². The molecule has 0 radical (unpaired) electrons. The molecule has 0 aliphatic heterocycles. The zero-order chi connectivity index (χ0) is 29.0. The highest BCUT2D eigenvalue weighted by Gasteiger charge is 2.36. The number of rotatable bonds is 7. The number of nitrogens with one attached hydrogen (secondary N) is 2. The van der Waals surface area contributed by atoms with Crippen LogP contribution in [0.2, 0.25) is 0 Å². The first-order valence-corrected chi connectivity index (χ1v) is 13.2. The Morgan fingerprint density at radius 3 is 1.88 bits per heavy atom. The Labute approximate surface area is 238 Å². The summed E-state index contributed by atoms with van der Waals surface area (Å²) in [5, 5.41) is 15.5. The highest BCUT2D eigenvalue weighted by atomic mass is 16.5. The molecule has 6 rings (SSSR count). The molecule has 6 aromatic rings. The summed E-state index contributed by atoms with van der Waals surface area (Å²) in [5.41, 5.74) is 1.60. The molecule has 0 fully saturated rings. The van der Waals surface area contributed by atoms with Crippen LogP contribution < -0.4 is 9.47 Å². The van der Waals surface area contributed by atoms with E-state index in [-0.39, 0.29) is 11.7 Å². The molecule has 4 aromatic carbocycles. The molecule has 0 spiro atoms. The summed E-state index contributed by atoms with van der Waals surface area (Å²) >= 11 is 0. The number of hydrogen-bond acceptors (Lipinski definition) is 6. The average Bonchev–Trinajstić information content (AvgIpc) is 3.75. The number of aliphatic hydroxyl groups is 1. The number of H-pyrrole nitrogens is 2. The first kappa shape index (κ1) is 27.6. The van der Waals surface area contributed by atoms with E-state index in [4.69, 9.17) is 9.47 Å². The number of fused-ring (bicyclic) bond motifs is 2. The standard InChI is InChI=1S/C18H20N2O2.C15H12N2O2/c1-12(2)18(21,17-10-19-11-20-17)15-6-4-14-9-16(22-3)7-5-13(14)8-15;1-19-13-5-4-10-6-12(3-2-11(10)7-13)15(18)14-8-16-9-17-14/h4-12,21H,1-3H3,(H,19,20);2-9H,1H3,(H,16,17). The van der Waals surface area contributed by atoms with Crippen molar-refractivity contribution in [3.8, 4) is 11.5 Å². The average molecular weight is 549 g/mol. The zero-order valence-electron chi connectivity index (χ0n) is 23.4. The normalized spacial score (nSPS) is 12.5. The fourth-order valence-electron chi connectivity index (χ4n) is 4.88. The van der Waals surface area contributed by atoms with Gasteiger partial charge in [-0.3, -0.25) is 4.79 Å². The molecule has 0 amide bonds. The van der Waals surface area contributed by atoms with Crippen LogP contribution in [0.1, 0.15) is 41.2 Å². The second-order valence-corrected chi connectivity index (χ2v) is 10.0. The van der Waals surface area contributed by atoms with Crippen LogP contribution in [-0.4, -0.2) is 45.0 Å². The first-order chi connectivity index (χ1) is 19.8. The molecule has 3 N–H and O–H groups in total. The highest BCUT2D eigenvalue weighted by molar-refractivity contribution is 6.09. The van der Waals surface area contributed by atoms with Gasteiger partial charge >= 0.3 is 0 Å². The molecule has 8 nitrogen and oxygen atoms in total. The van der Waals surface area contributed by atoms with Gasteiger partial charge in [0.2, 0.25) is 5.78 Å². The summed E-state index contributed by atoms with van der Waals surface area (Å²) in [4.78, 5) is 26.0. The first-order valence-electron chi connectivity index (χ1n) is 13.2. The number of imidazole rings is 2. The van der Waals surface area contributed by atoms with Gasteiger partial charge in [0.25, 0.3) is 0 Å². The van der Waals surface area contributed by atoms with Crippen LogP contribution in [0.15, 0.2) is 97.8 Å². The SMILES string of the molecule is COc1ccc2cc(C(=O)c3cnc[nH]3)ccc2c1.COc1ccc2cc(C(O)(c3cnc[nH]3)C(C)C)ccc2c1. The van der Waals surface area contributed by atoms with E-state index in [1.807, 2.05) is 86.6 Å². The van der Waals surface area contributed by atoms with Crippen molar-refractivity contribution in [3.05, 3.63) is 120 Å². The highest BCUT2D eigenvalue weighted by Crippen LogP contribution is 2.37. The van der Waals surface area contributed by atoms with E-state index < -0.39 is 5.60 Å². The minimum Gasteiger partial charge on any atom is -0.497 e. The van der Waals surface area contributed by atoms with Crippen LogP contribution in [-0.2, 0) is 5.60 Å². The van der Waals surface area contributed by atoms with E-state index in [9.17, 15) is 9.90 Å². The second kappa shape index (κ2) is 11.7. The van der Waals surface area contributed by atoms with Gasteiger partial charge in [0.15, 0.2) is 0 Å². The maximum atomic E-state index is 12.2. The Morgan fingerprint density at radius 2 is 1.32 bits per heavy atom. The van der Waals surface area contributed by atoms with Crippen molar-refractivity contribution >= 4 is 27.3 Å². The lowest BCUT2D eigenvalue weighted by Crippen LogP contribution is -2.33. The number of benzene rings is 4. The smallest absolute Gasteiger partial charge is 0.210 e. The molecule has 0 aliphatic rings. The van der Waals surface area contributed by atoms with Gasteiger partial charge in [0.05, 0.1) is 45.0 Å². The van der Waals surface area contributed by atoms with Gasteiger partial charge in [0.1, 0.15) is 22.8 Å². The van der Waals surface area contributed by atoms with Crippen LogP contribution in [0, 0.1) is 5.92 Å². The topological polar surface area (TPSA) is 113 Å². The number of carbonyl (C=O) groups excluding carboxylic acids is 1. The van der Waals surface area contributed by atoms with Gasteiger partial charge in [-0.15, -0.1) is 0 Å². The quantitative estimate of drug-likeness (QED) is 0.203. The Morgan fingerprint density at radius 1 is 0.756 bits per heavy atom. The number of hydrogen-bond donors (Lipinski definition) is 3. The van der Waals surface area contributed by atoms with Crippen LogP contribution in [0.25, 0.3) is 21.5 Å². The molecule has 0 bridgehead atoms. The van der Waals surface area contributed by atoms with Crippen LogP contribution in [0.3, 0.4) is 0 Å². The summed E-state index contributed by atoms with van der Waals surface area (Å²) in [6, 6.07) is 23.3. The van der Waals surface area contributed by atoms with E-state index in [2.05, 4.69) is 19.9 Å². The zero-order valence-corrected chi connectivity index (χ0v) is 23.4. The monoisotopic (exact) mass is 548 g/mol. The Kier molecular flexibility index (Phi) is 7.85. The number of aromatic nitrogens is 4. The number of nitrogens with zero attached hydrogens (tertiary/aromatic N) is 2. The molecule has 2 aromatic heterocycles. The molecule has 1 unspecified atom stereocenters. The van der Waals surface area contributed by atoms with E-state index in [1.165, 1.54) is 12.5 Å². The predicted molar refractivity (Wildman–Crippen MR) is 159 cm³/mol. The third-order valence-electron chi connectivity index (χ3n) is 7.28. The summed E-state index contributed by atoms with van der Waals surface area (Å²) in [6.45, 7) is 4.00. The molecule has 0 aliphatic carbocycles. The van der Waals surface area contributed by atoms with Crippen molar-refractivity contribution in [1.29, 1.82) is 0 Å². The van der Waals surface area contributed by atoms with Crippen molar-refractivity contribution in [1.82, 2.24) is 19.9 Å². The maximum Gasteiger partial charge on any atom is 0.210 e. The van der Waals surface area contributed by atoms with Crippen molar-refractivity contribution in [2.24, 2.45) is 5.92 Å². The lowest BCUT2D eigenvalue weighted by atomic mass is 9.80. The minimum absolute atomic E-state index is 0.00338. The molecule has 0 saturated carbocycles. The molecule has 0 saturated heterocycles. The van der Waals surface area contributed by atoms with Gasteiger partial charge in [0, 0.05) is 5.56 Å². The largest absolute Gasteiger partial charge is 0.497 e. The van der Waals surface area contributed by atoms with Crippen molar-refractivity contribution < 1.29 is 19.4 Å². The number of carbonyl (C=O) groups is 1. The molecule has 1 atom stereocenters. The lowest BCUT2D eigenvalue weighted by molar-refractivity contribution is 0.0280. The van der Waals surface area contributed by atoms with Gasteiger partial charge in [-0.2, -0.15) is 0 Å². The predicted octanol–water partition coefficient (Wildman–Crippen LogP) is 6.27. The second-order valence-electron chi connectivity index (χ2n) is 10.0. The third-order valence-corrected chi connectivity index (χ3v) is 7.28. The molecular formula is C33H32N4O4. The van der Waals surface area contributed by atoms with Crippen LogP contribution in [0.4, 0.5) is 0 Å². The molecular weight excluding hydrogens is 516 g/mol. The number of aromatic amines is 2. The van der Waals surface area contributed by atoms with E-state index in [1.54, 1.807) is 26.7 Å². The van der Waals surface area contributed by atoms with Gasteiger partial charge in [-0.1, -0.05) is 50.2 Å². The van der Waals surface area contributed by atoms with Crippen molar-refractivity contribution in [3.63, 3.8) is 0 Å². The number of ether oxygens (including phenoxy) is 2. The molecule has 208 valence electrons. The van der Waals surface area contributed by atoms with E-state index >= 15 is 0 Å². The lowest BCUT2D eigenvalue weighted by Gasteiger charge is -2.32. The summed E-state index contributed by atoms with van der Waals surface area (Å²) < 4.78 is 10.4. The van der Waals surface area contributed by atoms with E-state index in [0.717, 1.165) is 38.6 Å². The van der Waals surface area contributed by atoms with Crippen LogP contribution >= 0.6 is 0 Å². The fraction of sp³-hybridized carbons (Fsp3) is 0.182. The minimum atomic E-state index is -1.09. The summed E-state index contributed by atoms with van der Waals surface area (Å²) in [6.07, 6.45) is 6.30. The Balaban J connectivity index is 0.000000166. The number of methoxy groups -OCH3 is 2. The van der Waals surface area contributed by atoms with Gasteiger partial charge in [-0.05, 0) is 69.4 Å². The number of ketones is 1. The van der Waals surface area contributed by atoms with Crippen molar-refractivity contribution in [2.45, 2.75) is 19.4 Å². The Bertz CT molecular complexity index is 1780. The summed E-state index contributed by atoms with van der Waals surface area (Å²) in [5.74, 6) is 1.58. The molecule has 41 heavy (non-hydrogen) atoms. The van der Waals surface area contributed by atoms with Gasteiger partial charge < -0.3 is 24.5 Å². The molecule has 8 heteroatoms. The Hall–Kier alpha value is -4.95. The summed E-state index contributed by atoms with van der Waals surface area (Å²) in [7, 11) is 3.29. The molecule has 2 heterocycles. The fourth-order valence-corrected chi connectivity index (χ4v) is 4.88. The van der Waals surface area contributed by atoms with Gasteiger partial charge in [-0.25, -0.2) is 9.97 Å². The van der Waals surface area contributed by atoms with Crippen molar-refractivity contribution in [2.75, 3.05) is 14.2 Å². The van der Waals surface area contributed by atoms with E-state index in [0.29, 0.717) is 17.0 Å². The maximum absolute atomic E-state index is 12.2. The third kappa shape index (κ3) is 5.55.